The first-order valence-electron chi connectivity index (χ1n) is 10.7. The molecule has 0 aliphatic carbocycles. The maximum atomic E-state index is 5.15. The summed E-state index contributed by atoms with van der Waals surface area (Å²) < 4.78 is 9.20. The molecule has 32 heavy (non-hydrogen) atoms. The van der Waals surface area contributed by atoms with Crippen LogP contribution in [0, 0.1) is 0 Å². The van der Waals surface area contributed by atoms with Crippen molar-refractivity contribution in [3.8, 4) is 0 Å². The van der Waals surface area contributed by atoms with Gasteiger partial charge in [0.2, 0.25) is 0 Å². The molecule has 2 aromatic heterocycles. The van der Waals surface area contributed by atoms with Gasteiger partial charge in [0.25, 0.3) is 0 Å². The standard InChI is InChI=1S/C22H30N8O.HI/c1-3-24-22(26-19-7-8-21-27-20(15-31-2)28-30(21)14-19)25-12-17-5-4-6-18(11-17)13-29-10-9-23-16-29;/h4-6,9-11,16,19H,3,7-8,12-15H2,1-2H3,(H2,24,25,26);1H. The Bertz CT molecular complexity index is 1000. The Labute approximate surface area is 205 Å². The highest BCUT2D eigenvalue weighted by Gasteiger charge is 2.22. The molecule has 1 aliphatic heterocycles. The average Bonchev–Trinajstić information content (AvgIpc) is 3.42. The van der Waals surface area contributed by atoms with Gasteiger partial charge in [0, 0.05) is 45.1 Å². The van der Waals surface area contributed by atoms with E-state index in [-0.39, 0.29) is 30.0 Å². The Morgan fingerprint density at radius 1 is 1.31 bits per heavy atom. The number of guanidine groups is 1. The minimum Gasteiger partial charge on any atom is -0.377 e. The molecular formula is C22H31IN8O. The molecule has 0 amide bonds. The lowest BCUT2D eigenvalue weighted by Crippen LogP contribution is -2.47. The van der Waals surface area contributed by atoms with Crippen molar-refractivity contribution in [3.05, 3.63) is 65.8 Å². The number of methoxy groups -OCH3 is 1. The van der Waals surface area contributed by atoms with Crippen molar-refractivity contribution in [3.63, 3.8) is 0 Å². The molecule has 4 rings (SSSR count). The van der Waals surface area contributed by atoms with E-state index in [0.29, 0.717) is 13.2 Å². The average molecular weight is 550 g/mol. The number of fused-ring (bicyclic) bond motifs is 1. The number of nitrogens with one attached hydrogen (secondary N) is 2. The molecule has 3 heterocycles. The second kappa shape index (κ2) is 12.0. The second-order valence-corrected chi connectivity index (χ2v) is 7.69. The number of hydrogen-bond donors (Lipinski definition) is 2. The van der Waals surface area contributed by atoms with Crippen LogP contribution in [-0.2, 0) is 37.4 Å². The summed E-state index contributed by atoms with van der Waals surface area (Å²) in [5.74, 6) is 2.60. The fourth-order valence-corrected chi connectivity index (χ4v) is 3.77. The normalized spacial score (nSPS) is 15.7. The lowest BCUT2D eigenvalue weighted by atomic mass is 10.1. The number of ether oxygens (including phenoxy) is 1. The summed E-state index contributed by atoms with van der Waals surface area (Å²) in [5, 5.41) is 11.5. The van der Waals surface area contributed by atoms with Crippen LogP contribution < -0.4 is 10.6 Å². The molecule has 172 valence electrons. The number of aryl methyl sites for hydroxylation is 1. The number of rotatable bonds is 8. The number of halogens is 1. The summed E-state index contributed by atoms with van der Waals surface area (Å²) in [7, 11) is 1.66. The first kappa shape index (κ1) is 24.2. The van der Waals surface area contributed by atoms with Crippen LogP contribution >= 0.6 is 24.0 Å². The molecule has 0 fully saturated rings. The predicted molar refractivity (Wildman–Crippen MR) is 134 cm³/mol. The van der Waals surface area contributed by atoms with E-state index in [1.807, 2.05) is 17.2 Å². The van der Waals surface area contributed by atoms with Crippen molar-refractivity contribution >= 4 is 29.9 Å². The van der Waals surface area contributed by atoms with Gasteiger partial charge in [-0.2, -0.15) is 5.10 Å². The largest absolute Gasteiger partial charge is 0.377 e. The van der Waals surface area contributed by atoms with E-state index < -0.39 is 0 Å². The molecule has 0 saturated heterocycles. The molecule has 2 N–H and O–H groups in total. The topological polar surface area (TPSA) is 94.2 Å². The van der Waals surface area contributed by atoms with E-state index in [1.165, 1.54) is 11.1 Å². The Hall–Kier alpha value is -2.47. The van der Waals surface area contributed by atoms with Gasteiger partial charge in [0.15, 0.2) is 11.8 Å². The van der Waals surface area contributed by atoms with Crippen LogP contribution in [0.15, 0.2) is 48.0 Å². The van der Waals surface area contributed by atoms with Gasteiger partial charge in [-0.25, -0.2) is 19.6 Å². The smallest absolute Gasteiger partial charge is 0.191 e. The van der Waals surface area contributed by atoms with Crippen molar-refractivity contribution < 1.29 is 4.74 Å². The van der Waals surface area contributed by atoms with Crippen molar-refractivity contribution in [2.75, 3.05) is 13.7 Å². The van der Waals surface area contributed by atoms with Gasteiger partial charge < -0.3 is 19.9 Å². The van der Waals surface area contributed by atoms with Crippen LogP contribution in [0.5, 0.6) is 0 Å². The predicted octanol–water partition coefficient (Wildman–Crippen LogP) is 2.36. The Morgan fingerprint density at radius 3 is 2.97 bits per heavy atom. The van der Waals surface area contributed by atoms with Gasteiger partial charge in [0.1, 0.15) is 12.4 Å². The Kier molecular flexibility index (Phi) is 9.03. The molecule has 0 bridgehead atoms. The number of aliphatic imine (C=N–C) groups is 1. The third-order valence-electron chi connectivity index (χ3n) is 5.20. The first-order valence-corrected chi connectivity index (χ1v) is 10.7. The van der Waals surface area contributed by atoms with Crippen LogP contribution in [0.2, 0.25) is 0 Å². The van der Waals surface area contributed by atoms with Crippen molar-refractivity contribution in [1.82, 2.24) is 34.9 Å². The SMILES string of the molecule is CCNC(=NCc1cccc(Cn2ccnc2)c1)NC1CCc2nc(COC)nn2C1.I. The highest BCUT2D eigenvalue weighted by molar-refractivity contribution is 14.0. The molecule has 10 heteroatoms. The van der Waals surface area contributed by atoms with Crippen LogP contribution in [0.3, 0.4) is 0 Å². The number of benzene rings is 1. The van der Waals surface area contributed by atoms with Gasteiger partial charge in [-0.1, -0.05) is 24.3 Å². The van der Waals surface area contributed by atoms with Crippen molar-refractivity contribution in [2.45, 2.75) is 52.0 Å². The second-order valence-electron chi connectivity index (χ2n) is 7.69. The number of nitrogens with zero attached hydrogens (tertiary/aromatic N) is 6. The van der Waals surface area contributed by atoms with Crippen molar-refractivity contribution in [1.29, 1.82) is 0 Å². The van der Waals surface area contributed by atoms with Gasteiger partial charge in [-0.15, -0.1) is 24.0 Å². The number of imidazole rings is 1. The minimum absolute atomic E-state index is 0. The number of aromatic nitrogens is 5. The van der Waals surface area contributed by atoms with Crippen LogP contribution in [-0.4, -0.2) is 50.0 Å². The third kappa shape index (κ3) is 6.52. The van der Waals surface area contributed by atoms with E-state index in [4.69, 9.17) is 9.73 Å². The van der Waals surface area contributed by atoms with E-state index in [0.717, 1.165) is 50.1 Å². The van der Waals surface area contributed by atoms with E-state index in [9.17, 15) is 0 Å². The highest BCUT2D eigenvalue weighted by atomic mass is 127. The van der Waals surface area contributed by atoms with Gasteiger partial charge >= 0.3 is 0 Å². The van der Waals surface area contributed by atoms with Crippen LogP contribution in [0.25, 0.3) is 0 Å². The summed E-state index contributed by atoms with van der Waals surface area (Å²) in [6.45, 7) is 5.54. The maximum Gasteiger partial charge on any atom is 0.191 e. The molecule has 0 saturated carbocycles. The zero-order valence-electron chi connectivity index (χ0n) is 18.6. The summed E-state index contributed by atoms with van der Waals surface area (Å²) >= 11 is 0. The maximum absolute atomic E-state index is 5.15. The van der Waals surface area contributed by atoms with Gasteiger partial charge in [-0.3, -0.25) is 0 Å². The summed E-state index contributed by atoms with van der Waals surface area (Å²) in [5.41, 5.74) is 2.42. The van der Waals surface area contributed by atoms with E-state index in [1.54, 1.807) is 13.3 Å². The summed E-state index contributed by atoms with van der Waals surface area (Å²) in [4.78, 5) is 13.5. The van der Waals surface area contributed by atoms with Crippen LogP contribution in [0.4, 0.5) is 0 Å². The quantitative estimate of drug-likeness (QED) is 0.254. The van der Waals surface area contributed by atoms with Crippen molar-refractivity contribution in [2.24, 2.45) is 4.99 Å². The molecule has 1 atom stereocenters. The van der Waals surface area contributed by atoms with Gasteiger partial charge in [-0.05, 0) is 24.5 Å². The molecule has 0 spiro atoms. The Balaban J connectivity index is 0.00000289. The molecule has 9 nitrogen and oxygen atoms in total. The molecule has 1 unspecified atom stereocenters. The Morgan fingerprint density at radius 2 is 2.19 bits per heavy atom. The van der Waals surface area contributed by atoms with E-state index >= 15 is 0 Å². The highest BCUT2D eigenvalue weighted by Crippen LogP contribution is 2.14. The van der Waals surface area contributed by atoms with E-state index in [2.05, 4.69) is 61.5 Å². The molecule has 1 aliphatic rings. The number of hydrogen-bond acceptors (Lipinski definition) is 5. The molecule has 0 radical (unpaired) electrons. The zero-order valence-corrected chi connectivity index (χ0v) is 20.9. The fraction of sp³-hybridized carbons (Fsp3) is 0.455. The fourth-order valence-electron chi connectivity index (χ4n) is 3.77. The zero-order chi connectivity index (χ0) is 21.5. The molecule has 3 aromatic rings. The monoisotopic (exact) mass is 550 g/mol. The van der Waals surface area contributed by atoms with Gasteiger partial charge in [0.05, 0.1) is 19.4 Å². The molecule has 1 aromatic carbocycles. The third-order valence-corrected chi connectivity index (χ3v) is 5.20. The summed E-state index contributed by atoms with van der Waals surface area (Å²) in [6, 6.07) is 8.79. The lowest BCUT2D eigenvalue weighted by Gasteiger charge is -2.25. The summed E-state index contributed by atoms with van der Waals surface area (Å²) in [6.07, 6.45) is 7.50. The minimum atomic E-state index is 0. The lowest BCUT2D eigenvalue weighted by molar-refractivity contribution is 0.177. The molecular weight excluding hydrogens is 519 g/mol. The first-order chi connectivity index (χ1) is 15.2. The van der Waals surface area contributed by atoms with Crippen LogP contribution in [0.1, 0.15) is 36.1 Å².